The molecule has 0 saturated heterocycles. The van der Waals surface area contributed by atoms with Crippen LogP contribution in [0, 0.1) is 0 Å². The fraction of sp³-hybridized carbons (Fsp3) is 0.900. The predicted octanol–water partition coefficient (Wildman–Crippen LogP) is 1.29. The molecule has 0 bridgehead atoms. The van der Waals surface area contributed by atoms with Crippen molar-refractivity contribution in [2.75, 3.05) is 20.1 Å². The Hall–Kier alpha value is -0.570. The average Bonchev–Trinajstić information content (AvgIpc) is 2.16. The minimum atomic E-state index is 0.147. The van der Waals surface area contributed by atoms with Gasteiger partial charge in [-0.05, 0) is 32.4 Å². The summed E-state index contributed by atoms with van der Waals surface area (Å²) in [7, 11) is 1.68. The standard InChI is InChI=1S/C10H22N2O/c1-3-4-8-12-9-6-5-7-10(13)11-2/h12H,3-9H2,1-2H3,(H,11,13). The molecule has 0 spiro atoms. The molecule has 13 heavy (non-hydrogen) atoms. The second-order valence-electron chi connectivity index (χ2n) is 3.23. The van der Waals surface area contributed by atoms with Crippen molar-refractivity contribution >= 4 is 5.91 Å². The van der Waals surface area contributed by atoms with Gasteiger partial charge >= 0.3 is 0 Å². The van der Waals surface area contributed by atoms with Crippen molar-refractivity contribution in [2.24, 2.45) is 0 Å². The molecule has 0 aromatic carbocycles. The quantitative estimate of drug-likeness (QED) is 0.561. The van der Waals surface area contributed by atoms with Gasteiger partial charge in [0.05, 0.1) is 0 Å². The summed E-state index contributed by atoms with van der Waals surface area (Å²) in [6, 6.07) is 0. The first-order valence-electron chi connectivity index (χ1n) is 5.22. The zero-order valence-electron chi connectivity index (χ0n) is 8.86. The van der Waals surface area contributed by atoms with Crippen molar-refractivity contribution in [3.8, 4) is 0 Å². The van der Waals surface area contributed by atoms with E-state index >= 15 is 0 Å². The van der Waals surface area contributed by atoms with Gasteiger partial charge in [0.2, 0.25) is 5.91 Å². The molecule has 0 aliphatic heterocycles. The van der Waals surface area contributed by atoms with Gasteiger partial charge in [0.15, 0.2) is 0 Å². The first-order chi connectivity index (χ1) is 6.31. The predicted molar refractivity (Wildman–Crippen MR) is 55.7 cm³/mol. The maximum atomic E-state index is 10.8. The summed E-state index contributed by atoms with van der Waals surface area (Å²) in [5.41, 5.74) is 0. The Morgan fingerprint density at radius 1 is 1.15 bits per heavy atom. The minimum Gasteiger partial charge on any atom is -0.359 e. The van der Waals surface area contributed by atoms with Gasteiger partial charge in [0.1, 0.15) is 0 Å². The molecule has 3 nitrogen and oxygen atoms in total. The normalized spacial score (nSPS) is 10.0. The molecule has 2 N–H and O–H groups in total. The van der Waals surface area contributed by atoms with Crippen molar-refractivity contribution in [2.45, 2.75) is 39.0 Å². The Bertz CT molecular complexity index is 126. The van der Waals surface area contributed by atoms with Gasteiger partial charge in [-0.1, -0.05) is 13.3 Å². The highest BCUT2D eigenvalue weighted by Crippen LogP contribution is 1.93. The monoisotopic (exact) mass is 186 g/mol. The third kappa shape index (κ3) is 9.34. The first kappa shape index (κ1) is 12.4. The van der Waals surface area contributed by atoms with Gasteiger partial charge in [-0.25, -0.2) is 0 Å². The van der Waals surface area contributed by atoms with E-state index in [1.54, 1.807) is 7.05 Å². The number of carbonyl (C=O) groups is 1. The van der Waals surface area contributed by atoms with E-state index in [0.717, 1.165) is 25.9 Å². The highest BCUT2D eigenvalue weighted by molar-refractivity contribution is 5.75. The van der Waals surface area contributed by atoms with Gasteiger partial charge in [-0.15, -0.1) is 0 Å². The molecule has 0 saturated carbocycles. The fourth-order valence-electron chi connectivity index (χ4n) is 1.09. The fourth-order valence-corrected chi connectivity index (χ4v) is 1.09. The number of hydrogen-bond donors (Lipinski definition) is 2. The van der Waals surface area contributed by atoms with E-state index in [1.165, 1.54) is 12.8 Å². The molecule has 0 aliphatic rings. The van der Waals surface area contributed by atoms with Crippen LogP contribution in [0.1, 0.15) is 39.0 Å². The Morgan fingerprint density at radius 3 is 2.46 bits per heavy atom. The molecule has 0 atom stereocenters. The summed E-state index contributed by atoms with van der Waals surface area (Å²) in [4.78, 5) is 10.8. The van der Waals surface area contributed by atoms with Crippen LogP contribution in [0.2, 0.25) is 0 Å². The number of hydrogen-bond acceptors (Lipinski definition) is 2. The van der Waals surface area contributed by atoms with E-state index < -0.39 is 0 Å². The molecule has 0 fully saturated rings. The van der Waals surface area contributed by atoms with Gasteiger partial charge in [0.25, 0.3) is 0 Å². The first-order valence-corrected chi connectivity index (χ1v) is 5.22. The zero-order valence-corrected chi connectivity index (χ0v) is 8.86. The lowest BCUT2D eigenvalue weighted by molar-refractivity contribution is -0.120. The Labute approximate surface area is 81.3 Å². The maximum absolute atomic E-state index is 10.8. The molecule has 78 valence electrons. The Balaban J connectivity index is 2.95. The Kier molecular flexibility index (Phi) is 9.10. The zero-order chi connectivity index (χ0) is 9.94. The van der Waals surface area contributed by atoms with Crippen LogP contribution in [0.3, 0.4) is 0 Å². The van der Waals surface area contributed by atoms with Crippen LogP contribution in [0.15, 0.2) is 0 Å². The molecular formula is C10H22N2O. The van der Waals surface area contributed by atoms with Crippen molar-refractivity contribution in [1.82, 2.24) is 10.6 Å². The second-order valence-corrected chi connectivity index (χ2v) is 3.23. The van der Waals surface area contributed by atoms with Crippen LogP contribution in [-0.2, 0) is 4.79 Å². The van der Waals surface area contributed by atoms with Crippen LogP contribution in [-0.4, -0.2) is 26.0 Å². The van der Waals surface area contributed by atoms with E-state index in [9.17, 15) is 4.79 Å². The molecule has 0 aromatic rings. The summed E-state index contributed by atoms with van der Waals surface area (Å²) in [5.74, 6) is 0.147. The van der Waals surface area contributed by atoms with Crippen LogP contribution in [0.4, 0.5) is 0 Å². The number of carbonyl (C=O) groups excluding carboxylic acids is 1. The molecule has 0 rings (SSSR count). The largest absolute Gasteiger partial charge is 0.359 e. The Morgan fingerprint density at radius 2 is 1.85 bits per heavy atom. The number of rotatable bonds is 8. The number of unbranched alkanes of at least 4 members (excludes halogenated alkanes) is 2. The topological polar surface area (TPSA) is 41.1 Å². The van der Waals surface area contributed by atoms with E-state index in [4.69, 9.17) is 0 Å². The van der Waals surface area contributed by atoms with Crippen molar-refractivity contribution in [1.29, 1.82) is 0 Å². The smallest absolute Gasteiger partial charge is 0.219 e. The van der Waals surface area contributed by atoms with Crippen molar-refractivity contribution in [3.63, 3.8) is 0 Å². The van der Waals surface area contributed by atoms with Crippen molar-refractivity contribution in [3.05, 3.63) is 0 Å². The molecular weight excluding hydrogens is 164 g/mol. The molecule has 1 amide bonds. The van der Waals surface area contributed by atoms with Gasteiger partial charge < -0.3 is 10.6 Å². The molecule has 0 aromatic heterocycles. The lowest BCUT2D eigenvalue weighted by Crippen LogP contribution is -2.19. The average molecular weight is 186 g/mol. The SMILES string of the molecule is CCCCNCCCCC(=O)NC. The van der Waals surface area contributed by atoms with E-state index in [2.05, 4.69) is 17.6 Å². The van der Waals surface area contributed by atoms with Crippen molar-refractivity contribution < 1.29 is 4.79 Å². The highest BCUT2D eigenvalue weighted by atomic mass is 16.1. The molecule has 0 aliphatic carbocycles. The highest BCUT2D eigenvalue weighted by Gasteiger charge is 1.96. The summed E-state index contributed by atoms with van der Waals surface area (Å²) in [6.45, 7) is 4.33. The number of amides is 1. The lowest BCUT2D eigenvalue weighted by atomic mass is 10.2. The summed E-state index contributed by atoms with van der Waals surface area (Å²) in [5, 5.41) is 5.96. The van der Waals surface area contributed by atoms with E-state index in [1.807, 2.05) is 0 Å². The molecule has 0 radical (unpaired) electrons. The molecule has 3 heteroatoms. The molecule has 0 unspecified atom stereocenters. The van der Waals surface area contributed by atoms with Crippen LogP contribution in [0.25, 0.3) is 0 Å². The lowest BCUT2D eigenvalue weighted by Gasteiger charge is -2.02. The van der Waals surface area contributed by atoms with Gasteiger partial charge in [-0.3, -0.25) is 4.79 Å². The number of nitrogens with one attached hydrogen (secondary N) is 2. The van der Waals surface area contributed by atoms with Crippen LogP contribution < -0.4 is 10.6 Å². The van der Waals surface area contributed by atoms with Crippen LogP contribution >= 0.6 is 0 Å². The molecule has 0 heterocycles. The van der Waals surface area contributed by atoms with E-state index in [-0.39, 0.29) is 5.91 Å². The maximum Gasteiger partial charge on any atom is 0.219 e. The van der Waals surface area contributed by atoms with Gasteiger partial charge in [0, 0.05) is 13.5 Å². The third-order valence-electron chi connectivity index (χ3n) is 1.99. The second kappa shape index (κ2) is 9.52. The summed E-state index contributed by atoms with van der Waals surface area (Å²) in [6.07, 6.45) is 5.22. The third-order valence-corrected chi connectivity index (χ3v) is 1.99. The minimum absolute atomic E-state index is 0.147. The summed E-state index contributed by atoms with van der Waals surface area (Å²) < 4.78 is 0. The van der Waals surface area contributed by atoms with E-state index in [0.29, 0.717) is 6.42 Å². The van der Waals surface area contributed by atoms with Crippen LogP contribution in [0.5, 0.6) is 0 Å². The van der Waals surface area contributed by atoms with Gasteiger partial charge in [-0.2, -0.15) is 0 Å². The summed E-state index contributed by atoms with van der Waals surface area (Å²) >= 11 is 0.